The number of para-hydroxylation sites is 1. The molecule has 2 aromatic heterocycles. The van der Waals surface area contributed by atoms with E-state index in [2.05, 4.69) is 39.6 Å². The van der Waals surface area contributed by atoms with E-state index in [1.165, 1.54) is 0 Å². The molecule has 1 aliphatic heterocycles. The molecule has 2 atom stereocenters. The van der Waals surface area contributed by atoms with Gasteiger partial charge in [-0.3, -0.25) is 4.98 Å². The molecule has 0 bridgehead atoms. The van der Waals surface area contributed by atoms with Crippen molar-refractivity contribution in [3.8, 4) is 11.3 Å². The molecular weight excluding hydrogens is 476 g/mol. The van der Waals surface area contributed by atoms with Gasteiger partial charge in [-0.05, 0) is 79.7 Å². The molecule has 0 aliphatic carbocycles. The lowest BCUT2D eigenvalue weighted by atomic mass is 10.0. The van der Waals surface area contributed by atoms with Gasteiger partial charge in [-0.1, -0.05) is 41.9 Å². The third-order valence-electron chi connectivity index (χ3n) is 6.26. The minimum atomic E-state index is -0.109. The molecule has 7 heteroatoms. The predicted octanol–water partition coefficient (Wildman–Crippen LogP) is 6.78. The highest BCUT2D eigenvalue weighted by Gasteiger charge is 2.41. The summed E-state index contributed by atoms with van der Waals surface area (Å²) in [6, 6.07) is 25.9. The Balaban J connectivity index is 1.40. The minimum absolute atomic E-state index is 0.106. The van der Waals surface area contributed by atoms with Crippen molar-refractivity contribution >= 4 is 34.6 Å². The van der Waals surface area contributed by atoms with Crippen molar-refractivity contribution in [2.24, 2.45) is 0 Å². The van der Waals surface area contributed by atoms with Gasteiger partial charge >= 0.3 is 0 Å². The quantitative estimate of drug-likeness (QED) is 0.204. The van der Waals surface area contributed by atoms with E-state index in [0.717, 1.165) is 53.5 Å². The number of aromatic nitrogens is 1. The second-order valence-corrected chi connectivity index (χ2v) is 9.45. The molecular formula is C28H27ClN4OS. The molecule has 2 aromatic carbocycles. The number of pyridine rings is 1. The molecule has 3 heterocycles. The van der Waals surface area contributed by atoms with E-state index in [1.807, 2.05) is 72.9 Å². The van der Waals surface area contributed by atoms with Crippen LogP contribution in [0.15, 0.2) is 89.5 Å². The summed E-state index contributed by atoms with van der Waals surface area (Å²) in [5.74, 6) is 1.64. The van der Waals surface area contributed by atoms with Crippen LogP contribution in [0.2, 0.25) is 5.02 Å². The van der Waals surface area contributed by atoms with E-state index in [-0.39, 0.29) is 12.1 Å². The zero-order valence-electron chi connectivity index (χ0n) is 19.4. The highest BCUT2D eigenvalue weighted by molar-refractivity contribution is 7.80. The van der Waals surface area contributed by atoms with E-state index < -0.39 is 0 Å². The van der Waals surface area contributed by atoms with Gasteiger partial charge < -0.3 is 20.0 Å². The standard InChI is InChI=1S/C28H27ClN4OS/c1-19-11-12-20(29)18-22(19)24-13-14-25(34-24)27-26(23-10-5-6-15-31-23)32-28(35)33(27)17-7-16-30-21-8-3-2-4-9-21/h2-6,8-15,18,26-27,30H,7,16-17H2,1H3,(H,32,35)/t26-,27+/m0/s1. The van der Waals surface area contributed by atoms with E-state index in [9.17, 15) is 0 Å². The zero-order valence-corrected chi connectivity index (χ0v) is 21.0. The van der Waals surface area contributed by atoms with E-state index in [0.29, 0.717) is 10.1 Å². The first kappa shape index (κ1) is 23.4. The van der Waals surface area contributed by atoms with Gasteiger partial charge in [0.2, 0.25) is 0 Å². The first-order valence-electron chi connectivity index (χ1n) is 11.7. The van der Waals surface area contributed by atoms with Crippen LogP contribution < -0.4 is 10.6 Å². The van der Waals surface area contributed by atoms with Crippen LogP contribution >= 0.6 is 23.8 Å². The van der Waals surface area contributed by atoms with E-state index in [1.54, 1.807) is 0 Å². The van der Waals surface area contributed by atoms with Crippen molar-refractivity contribution in [2.75, 3.05) is 18.4 Å². The molecule has 0 saturated carbocycles. The molecule has 1 fully saturated rings. The maximum atomic E-state index is 6.45. The highest BCUT2D eigenvalue weighted by Crippen LogP contribution is 2.41. The monoisotopic (exact) mass is 502 g/mol. The fourth-order valence-electron chi connectivity index (χ4n) is 4.51. The summed E-state index contributed by atoms with van der Waals surface area (Å²) in [7, 11) is 0. The van der Waals surface area contributed by atoms with Gasteiger partial charge in [-0.25, -0.2) is 0 Å². The van der Waals surface area contributed by atoms with Crippen molar-refractivity contribution in [3.05, 3.63) is 107 Å². The van der Waals surface area contributed by atoms with Gasteiger partial charge in [-0.15, -0.1) is 0 Å². The summed E-state index contributed by atoms with van der Waals surface area (Å²) in [6.45, 7) is 3.68. The Kier molecular flexibility index (Phi) is 7.02. The molecule has 0 radical (unpaired) electrons. The maximum absolute atomic E-state index is 6.45. The Labute approximate surface area is 216 Å². The molecule has 0 amide bonds. The van der Waals surface area contributed by atoms with Crippen molar-refractivity contribution in [2.45, 2.75) is 25.4 Å². The molecule has 5 nitrogen and oxygen atoms in total. The van der Waals surface area contributed by atoms with Crippen LogP contribution in [0.3, 0.4) is 0 Å². The summed E-state index contributed by atoms with van der Waals surface area (Å²) in [5, 5.41) is 8.37. The number of nitrogens with one attached hydrogen (secondary N) is 2. The molecule has 178 valence electrons. The minimum Gasteiger partial charge on any atom is -0.459 e. The lowest BCUT2D eigenvalue weighted by Gasteiger charge is -2.26. The lowest BCUT2D eigenvalue weighted by molar-refractivity contribution is 0.274. The SMILES string of the molecule is Cc1ccc(Cl)cc1-c1ccc([C@@H]2[C@H](c3ccccn3)NC(=S)N2CCCNc2ccccc2)o1. The number of anilines is 1. The van der Waals surface area contributed by atoms with Crippen LogP contribution in [0.1, 0.15) is 35.5 Å². The van der Waals surface area contributed by atoms with Gasteiger partial charge in [-0.2, -0.15) is 0 Å². The number of benzene rings is 2. The number of hydrogen-bond acceptors (Lipinski definition) is 4. The first-order chi connectivity index (χ1) is 17.1. The number of halogens is 1. The first-order valence-corrected chi connectivity index (χ1v) is 12.5. The second kappa shape index (κ2) is 10.5. The summed E-state index contributed by atoms with van der Waals surface area (Å²) < 4.78 is 6.45. The van der Waals surface area contributed by atoms with Crippen LogP contribution in [0.25, 0.3) is 11.3 Å². The molecule has 5 rings (SSSR count). The van der Waals surface area contributed by atoms with Crippen LogP contribution in [-0.2, 0) is 0 Å². The Morgan fingerprint density at radius 1 is 1.06 bits per heavy atom. The van der Waals surface area contributed by atoms with Crippen molar-refractivity contribution in [1.82, 2.24) is 15.2 Å². The molecule has 1 saturated heterocycles. The summed E-state index contributed by atoms with van der Waals surface area (Å²) in [6.07, 6.45) is 2.73. The summed E-state index contributed by atoms with van der Waals surface area (Å²) >= 11 is 12.1. The topological polar surface area (TPSA) is 53.3 Å². The van der Waals surface area contributed by atoms with Crippen molar-refractivity contribution in [1.29, 1.82) is 0 Å². The average molecular weight is 503 g/mol. The Morgan fingerprint density at radius 2 is 1.89 bits per heavy atom. The number of furan rings is 1. The fourth-order valence-corrected chi connectivity index (χ4v) is 5.01. The summed E-state index contributed by atoms with van der Waals surface area (Å²) in [4.78, 5) is 6.83. The Bertz CT molecular complexity index is 1290. The second-order valence-electron chi connectivity index (χ2n) is 8.63. The third-order valence-corrected chi connectivity index (χ3v) is 6.85. The van der Waals surface area contributed by atoms with Crippen LogP contribution in [0.4, 0.5) is 5.69 Å². The zero-order chi connectivity index (χ0) is 24.2. The lowest BCUT2D eigenvalue weighted by Crippen LogP contribution is -2.31. The number of hydrogen-bond donors (Lipinski definition) is 2. The maximum Gasteiger partial charge on any atom is 0.170 e. The Morgan fingerprint density at radius 3 is 2.69 bits per heavy atom. The predicted molar refractivity (Wildman–Crippen MR) is 146 cm³/mol. The van der Waals surface area contributed by atoms with Crippen LogP contribution in [0, 0.1) is 6.92 Å². The number of nitrogens with zero attached hydrogens (tertiary/aromatic N) is 2. The number of aryl methyl sites for hydroxylation is 1. The normalized spacial score (nSPS) is 17.4. The molecule has 35 heavy (non-hydrogen) atoms. The van der Waals surface area contributed by atoms with Crippen LogP contribution in [-0.4, -0.2) is 28.1 Å². The molecule has 0 unspecified atom stereocenters. The third kappa shape index (κ3) is 5.19. The van der Waals surface area contributed by atoms with E-state index >= 15 is 0 Å². The van der Waals surface area contributed by atoms with Gasteiger partial charge in [0, 0.05) is 35.6 Å². The van der Waals surface area contributed by atoms with Crippen LogP contribution in [0.5, 0.6) is 0 Å². The van der Waals surface area contributed by atoms with Gasteiger partial charge in [0.05, 0.1) is 11.7 Å². The van der Waals surface area contributed by atoms with Gasteiger partial charge in [0.1, 0.15) is 17.6 Å². The van der Waals surface area contributed by atoms with Crippen molar-refractivity contribution in [3.63, 3.8) is 0 Å². The number of rotatable bonds is 8. The fraction of sp³-hybridized carbons (Fsp3) is 0.214. The number of thiocarbonyl (C=S) groups is 1. The molecule has 1 aliphatic rings. The largest absolute Gasteiger partial charge is 0.459 e. The average Bonchev–Trinajstić information content (AvgIpc) is 3.49. The molecule has 2 N–H and O–H groups in total. The van der Waals surface area contributed by atoms with E-state index in [4.69, 9.17) is 28.2 Å². The highest BCUT2D eigenvalue weighted by atomic mass is 35.5. The molecule has 4 aromatic rings. The summed E-state index contributed by atoms with van der Waals surface area (Å²) in [5.41, 5.74) is 4.15. The molecule has 0 spiro atoms. The van der Waals surface area contributed by atoms with Gasteiger partial charge in [0.25, 0.3) is 0 Å². The van der Waals surface area contributed by atoms with Gasteiger partial charge in [0.15, 0.2) is 5.11 Å². The van der Waals surface area contributed by atoms with Crippen molar-refractivity contribution < 1.29 is 4.42 Å². The Hall–Kier alpha value is -3.35. The smallest absolute Gasteiger partial charge is 0.170 e.